The number of benzene rings is 1. The second kappa shape index (κ2) is 5.87. The van der Waals surface area contributed by atoms with Gasteiger partial charge in [-0.3, -0.25) is 4.79 Å². The number of halogens is 1. The van der Waals surface area contributed by atoms with E-state index < -0.39 is 5.97 Å². The lowest BCUT2D eigenvalue weighted by Gasteiger charge is -2.16. The molecule has 3 nitrogen and oxygen atoms in total. The average Bonchev–Trinajstić information content (AvgIpc) is 2.26. The summed E-state index contributed by atoms with van der Waals surface area (Å²) in [5.74, 6) is -1.16. The monoisotopic (exact) mass is 241 g/mol. The number of rotatable bonds is 5. The van der Waals surface area contributed by atoms with Crippen LogP contribution in [0.3, 0.4) is 0 Å². The molecule has 2 atom stereocenters. The maximum atomic E-state index is 10.6. The van der Waals surface area contributed by atoms with E-state index in [-0.39, 0.29) is 12.0 Å². The summed E-state index contributed by atoms with van der Waals surface area (Å²) in [6, 6.07) is 7.65. The van der Waals surface area contributed by atoms with Gasteiger partial charge >= 0.3 is 5.97 Å². The van der Waals surface area contributed by atoms with E-state index in [1.165, 1.54) is 0 Å². The van der Waals surface area contributed by atoms with Gasteiger partial charge in [0, 0.05) is 17.6 Å². The zero-order valence-corrected chi connectivity index (χ0v) is 10.2. The standard InChI is InChI=1S/C12H16ClNO2/c1-8(12(15)16)7-14-9(2)10-3-5-11(13)6-4-10/h3-6,8-9,14H,7H2,1-2H3,(H,15,16)/t8?,9-/m0/s1. The molecule has 2 N–H and O–H groups in total. The summed E-state index contributed by atoms with van der Waals surface area (Å²) in [7, 11) is 0. The van der Waals surface area contributed by atoms with Crippen molar-refractivity contribution in [3.8, 4) is 0 Å². The summed E-state index contributed by atoms with van der Waals surface area (Å²) in [4.78, 5) is 10.6. The van der Waals surface area contributed by atoms with Crippen molar-refractivity contribution in [3.63, 3.8) is 0 Å². The molecule has 16 heavy (non-hydrogen) atoms. The van der Waals surface area contributed by atoms with E-state index in [0.29, 0.717) is 11.6 Å². The van der Waals surface area contributed by atoms with Gasteiger partial charge in [-0.25, -0.2) is 0 Å². The molecular formula is C12H16ClNO2. The Hall–Kier alpha value is -1.06. The quantitative estimate of drug-likeness (QED) is 0.833. The Labute approximate surface area is 100 Å². The third-order valence-corrected chi connectivity index (χ3v) is 2.77. The molecule has 1 unspecified atom stereocenters. The number of carboxylic acids is 1. The van der Waals surface area contributed by atoms with E-state index in [9.17, 15) is 4.79 Å². The van der Waals surface area contributed by atoms with Gasteiger partial charge in [0.1, 0.15) is 0 Å². The molecule has 0 aliphatic carbocycles. The zero-order valence-electron chi connectivity index (χ0n) is 9.40. The molecule has 0 saturated carbocycles. The minimum atomic E-state index is -0.782. The number of carboxylic acid groups (broad SMARTS) is 1. The van der Waals surface area contributed by atoms with Crippen LogP contribution in [-0.4, -0.2) is 17.6 Å². The van der Waals surface area contributed by atoms with Crippen LogP contribution in [0.25, 0.3) is 0 Å². The van der Waals surface area contributed by atoms with Gasteiger partial charge < -0.3 is 10.4 Å². The molecule has 0 aromatic heterocycles. The van der Waals surface area contributed by atoms with Crippen LogP contribution in [-0.2, 0) is 4.79 Å². The van der Waals surface area contributed by atoms with Crippen molar-refractivity contribution in [1.29, 1.82) is 0 Å². The predicted octanol–water partition coefficient (Wildman–Crippen LogP) is 2.71. The molecule has 0 heterocycles. The summed E-state index contributed by atoms with van der Waals surface area (Å²) in [6.45, 7) is 4.14. The molecule has 88 valence electrons. The second-order valence-corrected chi connectivity index (χ2v) is 4.36. The molecule has 0 spiro atoms. The largest absolute Gasteiger partial charge is 0.481 e. The minimum Gasteiger partial charge on any atom is -0.481 e. The first-order valence-corrected chi connectivity index (χ1v) is 5.60. The van der Waals surface area contributed by atoms with E-state index in [1.54, 1.807) is 6.92 Å². The van der Waals surface area contributed by atoms with E-state index in [1.807, 2.05) is 31.2 Å². The zero-order chi connectivity index (χ0) is 12.1. The number of hydrogen-bond donors (Lipinski definition) is 2. The lowest BCUT2D eigenvalue weighted by atomic mass is 10.1. The highest BCUT2D eigenvalue weighted by atomic mass is 35.5. The smallest absolute Gasteiger partial charge is 0.307 e. The molecule has 1 rings (SSSR count). The number of hydrogen-bond acceptors (Lipinski definition) is 2. The Kier molecular flexibility index (Phi) is 4.77. The van der Waals surface area contributed by atoms with Crippen LogP contribution >= 0.6 is 11.6 Å². The van der Waals surface area contributed by atoms with E-state index in [4.69, 9.17) is 16.7 Å². The van der Waals surface area contributed by atoms with Crippen molar-refractivity contribution in [3.05, 3.63) is 34.9 Å². The predicted molar refractivity (Wildman–Crippen MR) is 64.7 cm³/mol. The van der Waals surface area contributed by atoms with E-state index in [0.717, 1.165) is 5.56 Å². The van der Waals surface area contributed by atoms with Crippen LogP contribution < -0.4 is 5.32 Å². The molecular weight excluding hydrogens is 226 g/mol. The molecule has 0 aliphatic rings. The van der Waals surface area contributed by atoms with Gasteiger partial charge in [0.25, 0.3) is 0 Å². The van der Waals surface area contributed by atoms with Gasteiger partial charge in [-0.05, 0) is 24.6 Å². The molecule has 1 aromatic carbocycles. The van der Waals surface area contributed by atoms with Crippen molar-refractivity contribution < 1.29 is 9.90 Å². The molecule has 0 amide bonds. The lowest BCUT2D eigenvalue weighted by molar-refractivity contribution is -0.140. The van der Waals surface area contributed by atoms with Crippen LogP contribution in [0, 0.1) is 5.92 Å². The first kappa shape index (κ1) is 13.0. The Morgan fingerprint density at radius 1 is 1.38 bits per heavy atom. The van der Waals surface area contributed by atoms with Crippen LogP contribution in [0.4, 0.5) is 0 Å². The van der Waals surface area contributed by atoms with Crippen LogP contribution in [0.1, 0.15) is 25.5 Å². The lowest BCUT2D eigenvalue weighted by Crippen LogP contribution is -2.28. The summed E-state index contributed by atoms with van der Waals surface area (Å²) in [6.07, 6.45) is 0. The van der Waals surface area contributed by atoms with Crippen LogP contribution in [0.15, 0.2) is 24.3 Å². The SMILES string of the molecule is CC(CN[C@@H](C)c1ccc(Cl)cc1)C(=O)O. The Balaban J connectivity index is 2.49. The normalized spacial score (nSPS) is 14.4. The molecule has 0 saturated heterocycles. The van der Waals surface area contributed by atoms with Crippen molar-refractivity contribution in [2.45, 2.75) is 19.9 Å². The van der Waals surface area contributed by atoms with Gasteiger partial charge in [0.2, 0.25) is 0 Å². The van der Waals surface area contributed by atoms with Gasteiger partial charge in [-0.15, -0.1) is 0 Å². The third kappa shape index (κ3) is 3.83. The van der Waals surface area contributed by atoms with Crippen molar-refractivity contribution in [2.24, 2.45) is 5.92 Å². The van der Waals surface area contributed by atoms with Crippen LogP contribution in [0.2, 0.25) is 5.02 Å². The number of nitrogens with one attached hydrogen (secondary N) is 1. The summed E-state index contributed by atoms with van der Waals surface area (Å²) >= 11 is 5.79. The van der Waals surface area contributed by atoms with Gasteiger partial charge in [-0.1, -0.05) is 30.7 Å². The molecule has 1 aromatic rings. The van der Waals surface area contributed by atoms with Crippen molar-refractivity contribution in [2.75, 3.05) is 6.54 Å². The summed E-state index contributed by atoms with van der Waals surface area (Å²) in [5.41, 5.74) is 1.10. The first-order chi connectivity index (χ1) is 7.50. The Bertz CT molecular complexity index is 351. The minimum absolute atomic E-state index is 0.124. The maximum Gasteiger partial charge on any atom is 0.307 e. The maximum absolute atomic E-state index is 10.6. The van der Waals surface area contributed by atoms with Crippen LogP contribution in [0.5, 0.6) is 0 Å². The topological polar surface area (TPSA) is 49.3 Å². The summed E-state index contributed by atoms with van der Waals surface area (Å²) in [5, 5.41) is 12.6. The highest BCUT2D eigenvalue weighted by molar-refractivity contribution is 6.30. The fourth-order valence-corrected chi connectivity index (χ4v) is 1.44. The highest BCUT2D eigenvalue weighted by Gasteiger charge is 2.12. The van der Waals surface area contributed by atoms with Gasteiger partial charge in [0.15, 0.2) is 0 Å². The second-order valence-electron chi connectivity index (χ2n) is 3.92. The first-order valence-electron chi connectivity index (χ1n) is 5.22. The van der Waals surface area contributed by atoms with E-state index >= 15 is 0 Å². The Morgan fingerprint density at radius 3 is 2.44 bits per heavy atom. The summed E-state index contributed by atoms with van der Waals surface area (Å²) < 4.78 is 0. The molecule has 0 bridgehead atoms. The average molecular weight is 242 g/mol. The van der Waals surface area contributed by atoms with Crippen molar-refractivity contribution >= 4 is 17.6 Å². The molecule has 0 aliphatic heterocycles. The number of aliphatic carboxylic acids is 1. The van der Waals surface area contributed by atoms with Gasteiger partial charge in [-0.2, -0.15) is 0 Å². The Morgan fingerprint density at radius 2 is 1.94 bits per heavy atom. The highest BCUT2D eigenvalue weighted by Crippen LogP contribution is 2.16. The third-order valence-electron chi connectivity index (χ3n) is 2.52. The molecule has 0 radical (unpaired) electrons. The molecule has 0 fully saturated rings. The fraction of sp³-hybridized carbons (Fsp3) is 0.417. The van der Waals surface area contributed by atoms with E-state index in [2.05, 4.69) is 5.32 Å². The number of carbonyl (C=O) groups is 1. The van der Waals surface area contributed by atoms with Gasteiger partial charge in [0.05, 0.1) is 5.92 Å². The van der Waals surface area contributed by atoms with Crippen molar-refractivity contribution in [1.82, 2.24) is 5.32 Å². The molecule has 4 heteroatoms. The fourth-order valence-electron chi connectivity index (χ4n) is 1.31.